The van der Waals surface area contributed by atoms with Gasteiger partial charge in [0.1, 0.15) is 6.04 Å². The Bertz CT molecular complexity index is 501. The van der Waals surface area contributed by atoms with Gasteiger partial charge < -0.3 is 10.2 Å². The van der Waals surface area contributed by atoms with Gasteiger partial charge in [0.25, 0.3) is 0 Å². The molecule has 126 valence electrons. The van der Waals surface area contributed by atoms with Crippen molar-refractivity contribution in [2.24, 2.45) is 0 Å². The first kappa shape index (κ1) is 16.4. The molecule has 1 aromatic heterocycles. The van der Waals surface area contributed by atoms with Gasteiger partial charge in [-0.25, -0.2) is 0 Å². The maximum atomic E-state index is 13.3. The Morgan fingerprint density at radius 1 is 1.30 bits per heavy atom. The number of nitrogens with zero attached hydrogens (tertiary/aromatic N) is 3. The van der Waals surface area contributed by atoms with Crippen molar-refractivity contribution in [2.75, 3.05) is 32.7 Å². The van der Waals surface area contributed by atoms with Crippen molar-refractivity contribution in [1.82, 2.24) is 20.1 Å². The Balaban J connectivity index is 1.88. The van der Waals surface area contributed by atoms with Crippen molar-refractivity contribution in [3.8, 4) is 0 Å². The SMILES string of the molecule is CCC1CCCCN1C(C(=O)N1CCNCC1)c1ccccn1. The van der Waals surface area contributed by atoms with Crippen LogP contribution in [0, 0.1) is 0 Å². The van der Waals surface area contributed by atoms with Gasteiger partial charge in [0.15, 0.2) is 0 Å². The summed E-state index contributed by atoms with van der Waals surface area (Å²) < 4.78 is 0. The van der Waals surface area contributed by atoms with Crippen molar-refractivity contribution < 1.29 is 4.79 Å². The van der Waals surface area contributed by atoms with E-state index in [0.717, 1.165) is 44.8 Å². The third-order valence-corrected chi connectivity index (χ3v) is 5.11. The minimum Gasteiger partial charge on any atom is -0.338 e. The number of aromatic nitrogens is 1. The predicted molar refractivity (Wildman–Crippen MR) is 91.1 cm³/mol. The maximum absolute atomic E-state index is 13.3. The monoisotopic (exact) mass is 316 g/mol. The quantitative estimate of drug-likeness (QED) is 0.920. The number of carbonyl (C=O) groups excluding carboxylic acids is 1. The Kier molecular flexibility index (Phi) is 5.62. The Hall–Kier alpha value is -1.46. The van der Waals surface area contributed by atoms with Crippen LogP contribution in [0.25, 0.3) is 0 Å². The molecule has 3 heterocycles. The summed E-state index contributed by atoms with van der Waals surface area (Å²) in [5, 5.41) is 3.32. The van der Waals surface area contributed by atoms with Crippen LogP contribution in [0.4, 0.5) is 0 Å². The highest BCUT2D eigenvalue weighted by Gasteiger charge is 2.36. The number of rotatable bonds is 4. The molecule has 2 aliphatic heterocycles. The molecule has 1 aromatic rings. The van der Waals surface area contributed by atoms with Crippen molar-refractivity contribution >= 4 is 5.91 Å². The standard InChI is InChI=1S/C18H28N4O/c1-2-15-7-4-6-12-22(15)17(16-8-3-5-9-20-16)18(23)21-13-10-19-11-14-21/h3,5,8-9,15,17,19H,2,4,6-7,10-14H2,1H3. The van der Waals surface area contributed by atoms with E-state index in [1.165, 1.54) is 19.3 Å². The van der Waals surface area contributed by atoms with E-state index in [1.54, 1.807) is 6.20 Å². The van der Waals surface area contributed by atoms with Crippen LogP contribution in [-0.2, 0) is 4.79 Å². The number of nitrogens with one attached hydrogen (secondary N) is 1. The largest absolute Gasteiger partial charge is 0.338 e. The van der Waals surface area contributed by atoms with E-state index < -0.39 is 0 Å². The van der Waals surface area contributed by atoms with Gasteiger partial charge in [-0.05, 0) is 37.9 Å². The molecular formula is C18H28N4O. The van der Waals surface area contributed by atoms with Crippen LogP contribution in [0.1, 0.15) is 44.3 Å². The first-order chi connectivity index (χ1) is 11.3. The fourth-order valence-electron chi connectivity index (χ4n) is 3.84. The van der Waals surface area contributed by atoms with Gasteiger partial charge in [0.05, 0.1) is 5.69 Å². The van der Waals surface area contributed by atoms with Crippen LogP contribution < -0.4 is 5.32 Å². The Morgan fingerprint density at radius 2 is 2.13 bits per heavy atom. The summed E-state index contributed by atoms with van der Waals surface area (Å²) in [7, 11) is 0. The molecule has 0 aromatic carbocycles. The highest BCUT2D eigenvalue weighted by molar-refractivity contribution is 5.83. The van der Waals surface area contributed by atoms with Gasteiger partial charge in [0, 0.05) is 38.4 Å². The molecule has 3 rings (SSSR count). The fraction of sp³-hybridized carbons (Fsp3) is 0.667. The third-order valence-electron chi connectivity index (χ3n) is 5.11. The van der Waals surface area contributed by atoms with Crippen LogP contribution in [0.3, 0.4) is 0 Å². The molecule has 2 saturated heterocycles. The lowest BCUT2D eigenvalue weighted by atomic mass is 9.95. The summed E-state index contributed by atoms with van der Waals surface area (Å²) in [5.41, 5.74) is 0.899. The molecule has 2 unspecified atom stereocenters. The summed E-state index contributed by atoms with van der Waals surface area (Å²) in [6, 6.07) is 6.18. The van der Waals surface area contributed by atoms with Crippen LogP contribution in [-0.4, -0.2) is 59.5 Å². The van der Waals surface area contributed by atoms with Gasteiger partial charge in [-0.1, -0.05) is 19.4 Å². The van der Waals surface area contributed by atoms with Crippen molar-refractivity contribution in [3.63, 3.8) is 0 Å². The molecule has 2 atom stereocenters. The molecule has 5 nitrogen and oxygen atoms in total. The van der Waals surface area contributed by atoms with Crippen LogP contribution in [0.15, 0.2) is 24.4 Å². The van der Waals surface area contributed by atoms with Crippen LogP contribution in [0.5, 0.6) is 0 Å². The third kappa shape index (κ3) is 3.72. The van der Waals surface area contributed by atoms with Gasteiger partial charge in [-0.15, -0.1) is 0 Å². The highest BCUT2D eigenvalue weighted by atomic mass is 16.2. The molecule has 0 aliphatic carbocycles. The van der Waals surface area contributed by atoms with Crippen molar-refractivity contribution in [1.29, 1.82) is 0 Å². The molecule has 2 fully saturated rings. The molecule has 1 N–H and O–H groups in total. The zero-order valence-electron chi connectivity index (χ0n) is 14.1. The van der Waals surface area contributed by atoms with E-state index in [2.05, 4.69) is 22.1 Å². The number of amides is 1. The average Bonchev–Trinajstić information content (AvgIpc) is 2.64. The molecule has 0 saturated carbocycles. The van der Waals surface area contributed by atoms with Crippen LogP contribution >= 0.6 is 0 Å². The molecule has 2 aliphatic rings. The van der Waals surface area contributed by atoms with E-state index in [0.29, 0.717) is 6.04 Å². The van der Waals surface area contributed by atoms with Crippen molar-refractivity contribution in [2.45, 2.75) is 44.7 Å². The second kappa shape index (κ2) is 7.88. The normalized spacial score (nSPS) is 24.4. The fourth-order valence-corrected chi connectivity index (χ4v) is 3.84. The number of pyridine rings is 1. The number of hydrogen-bond donors (Lipinski definition) is 1. The molecule has 0 radical (unpaired) electrons. The summed E-state index contributed by atoms with van der Waals surface area (Å²) >= 11 is 0. The average molecular weight is 316 g/mol. The van der Waals surface area contributed by atoms with Gasteiger partial charge >= 0.3 is 0 Å². The lowest BCUT2D eigenvalue weighted by molar-refractivity contribution is -0.140. The molecular weight excluding hydrogens is 288 g/mol. The summed E-state index contributed by atoms with van der Waals surface area (Å²) in [4.78, 5) is 22.2. The maximum Gasteiger partial charge on any atom is 0.246 e. The van der Waals surface area contributed by atoms with Crippen LogP contribution in [0.2, 0.25) is 0 Å². The van der Waals surface area contributed by atoms with E-state index in [4.69, 9.17) is 0 Å². The summed E-state index contributed by atoms with van der Waals surface area (Å²) in [6.07, 6.45) is 6.53. The minimum absolute atomic E-state index is 0.223. The topological polar surface area (TPSA) is 48.5 Å². The second-order valence-electron chi connectivity index (χ2n) is 6.53. The number of likely N-dealkylation sites (tertiary alicyclic amines) is 1. The van der Waals surface area contributed by atoms with E-state index >= 15 is 0 Å². The van der Waals surface area contributed by atoms with Crippen molar-refractivity contribution in [3.05, 3.63) is 30.1 Å². The molecule has 5 heteroatoms. The van der Waals surface area contributed by atoms with E-state index in [1.807, 2.05) is 23.1 Å². The molecule has 0 spiro atoms. The van der Waals surface area contributed by atoms with Gasteiger partial charge in [-0.3, -0.25) is 14.7 Å². The predicted octanol–water partition coefficient (Wildman–Crippen LogP) is 1.82. The zero-order valence-corrected chi connectivity index (χ0v) is 14.1. The minimum atomic E-state index is -0.223. The Labute approximate surface area is 139 Å². The molecule has 1 amide bonds. The lowest BCUT2D eigenvalue weighted by Crippen LogP contribution is -2.53. The van der Waals surface area contributed by atoms with Gasteiger partial charge in [0.2, 0.25) is 5.91 Å². The van der Waals surface area contributed by atoms with E-state index in [-0.39, 0.29) is 11.9 Å². The zero-order chi connectivity index (χ0) is 16.1. The first-order valence-electron chi connectivity index (χ1n) is 8.97. The lowest BCUT2D eigenvalue weighted by Gasteiger charge is -2.42. The summed E-state index contributed by atoms with van der Waals surface area (Å²) in [5.74, 6) is 0.227. The number of hydrogen-bond acceptors (Lipinski definition) is 4. The molecule has 0 bridgehead atoms. The number of piperazine rings is 1. The van der Waals surface area contributed by atoms with Gasteiger partial charge in [-0.2, -0.15) is 0 Å². The van der Waals surface area contributed by atoms with E-state index in [9.17, 15) is 4.79 Å². The number of carbonyl (C=O) groups is 1. The smallest absolute Gasteiger partial charge is 0.246 e. The Morgan fingerprint density at radius 3 is 2.83 bits per heavy atom. The second-order valence-corrected chi connectivity index (χ2v) is 6.53. The first-order valence-corrected chi connectivity index (χ1v) is 8.97. The number of piperidine rings is 1. The highest BCUT2D eigenvalue weighted by Crippen LogP contribution is 2.30. The summed E-state index contributed by atoms with van der Waals surface area (Å²) in [6.45, 7) is 6.60. The molecule has 23 heavy (non-hydrogen) atoms.